The molecule has 0 spiro atoms. The molecule has 148 valence electrons. The first-order valence-electron chi connectivity index (χ1n) is 12.8. The molecule has 5 heteroatoms. The Hall–Kier alpha value is -2.04. The number of amides is 1. The molecule has 4 aliphatic heterocycles. The molecule has 4 aliphatic rings. The van der Waals surface area contributed by atoms with Gasteiger partial charge < -0.3 is 4.74 Å². The van der Waals surface area contributed by atoms with Gasteiger partial charge >= 0.3 is 6.09 Å². The van der Waals surface area contributed by atoms with Crippen LogP contribution in [0.5, 0.6) is 0 Å². The average molecular weight is 406 g/mol. The lowest BCUT2D eigenvalue weighted by Gasteiger charge is -2.45. The van der Waals surface area contributed by atoms with Crippen LogP contribution in [0.4, 0.5) is 4.79 Å². The summed E-state index contributed by atoms with van der Waals surface area (Å²) >= 11 is 0. The second kappa shape index (κ2) is 8.14. The Labute approximate surface area is 182 Å². The quantitative estimate of drug-likeness (QED) is 0.747. The first kappa shape index (κ1) is 12.5. The normalized spacial score (nSPS) is 39.9. The van der Waals surface area contributed by atoms with E-state index in [1.165, 1.54) is 4.90 Å². The van der Waals surface area contributed by atoms with Gasteiger partial charge in [-0.1, -0.05) is 54.6 Å². The van der Waals surface area contributed by atoms with Crippen molar-refractivity contribution in [3.05, 3.63) is 71.3 Å². The van der Waals surface area contributed by atoms with Crippen molar-refractivity contribution in [2.24, 2.45) is 5.92 Å². The van der Waals surface area contributed by atoms with Crippen LogP contribution in [-0.2, 0) is 11.2 Å². The van der Waals surface area contributed by atoms with E-state index in [9.17, 15) is 4.79 Å². The van der Waals surface area contributed by atoms with E-state index in [4.69, 9.17) is 14.3 Å². The van der Waals surface area contributed by atoms with Crippen LogP contribution in [0.25, 0.3) is 0 Å². The number of benzene rings is 2. The van der Waals surface area contributed by atoms with Crippen molar-refractivity contribution in [1.29, 1.82) is 0 Å². The van der Waals surface area contributed by atoms with Gasteiger partial charge in [-0.3, -0.25) is 9.80 Å². The Morgan fingerprint density at radius 3 is 2.54 bits per heavy atom. The van der Waals surface area contributed by atoms with Gasteiger partial charge in [0.25, 0.3) is 0 Å². The number of ether oxygens (including phenoxy) is 1. The number of hydrogen-bond acceptors (Lipinski definition) is 3. The summed E-state index contributed by atoms with van der Waals surface area (Å²) in [5, 5.41) is 0. The maximum absolute atomic E-state index is 13.6. The zero-order valence-corrected chi connectivity index (χ0v) is 16.1. The molecule has 3 fully saturated rings. The molecule has 0 radical (unpaired) electrons. The fourth-order valence-electron chi connectivity index (χ4n) is 4.01. The van der Waals surface area contributed by atoms with E-state index >= 15 is 0 Å². The molecular weight excluding hydrogens is 372 g/mol. The molecule has 1 amide bonds. The zero-order chi connectivity index (χ0) is 24.5. The monoisotopic (exact) mass is 405 g/mol. The first-order chi connectivity index (χ1) is 15.9. The average Bonchev–Trinajstić information content (AvgIpc) is 2.75. The minimum Gasteiger partial charge on any atom is -0.444 e. The van der Waals surface area contributed by atoms with Gasteiger partial charge in [0.15, 0.2) is 0 Å². The Balaban J connectivity index is 0.00000289. The van der Waals surface area contributed by atoms with E-state index in [0.717, 1.165) is 16.7 Å². The molecule has 0 aliphatic carbocycles. The Bertz CT molecular complexity index is 1100. The summed E-state index contributed by atoms with van der Waals surface area (Å²) in [7, 11) is 0. The number of nitrogens with zero attached hydrogens (tertiary/aromatic N) is 2. The second-order valence-corrected chi connectivity index (χ2v) is 7.06. The van der Waals surface area contributed by atoms with Crippen LogP contribution >= 0.6 is 12.4 Å². The molecule has 2 aromatic carbocycles. The van der Waals surface area contributed by atoms with Crippen LogP contribution in [0, 0.1) is 5.92 Å². The van der Waals surface area contributed by atoms with Gasteiger partial charge in [-0.2, -0.15) is 0 Å². The number of hydrogen-bond donors (Lipinski definition) is 0. The van der Waals surface area contributed by atoms with Gasteiger partial charge in [0.2, 0.25) is 0 Å². The van der Waals surface area contributed by atoms with Gasteiger partial charge in [-0.25, -0.2) is 4.79 Å². The van der Waals surface area contributed by atoms with E-state index in [-0.39, 0.29) is 25.2 Å². The highest BCUT2D eigenvalue weighted by Crippen LogP contribution is 2.36. The summed E-state index contributed by atoms with van der Waals surface area (Å²) in [5.74, 6) is -1.14. The fourth-order valence-corrected chi connectivity index (χ4v) is 4.01. The highest BCUT2D eigenvalue weighted by Gasteiger charge is 2.39. The summed E-state index contributed by atoms with van der Waals surface area (Å²) in [6, 6.07) is 16.7. The molecule has 0 aromatic heterocycles. The number of rotatable bonds is 2. The molecule has 28 heavy (non-hydrogen) atoms. The Morgan fingerprint density at radius 1 is 1.07 bits per heavy atom. The van der Waals surface area contributed by atoms with Gasteiger partial charge in [0, 0.05) is 21.3 Å². The van der Waals surface area contributed by atoms with Crippen molar-refractivity contribution in [2.75, 3.05) is 26.0 Å². The van der Waals surface area contributed by atoms with Crippen molar-refractivity contribution in [3.8, 4) is 0 Å². The molecule has 0 unspecified atom stereocenters. The summed E-state index contributed by atoms with van der Waals surface area (Å²) < 4.78 is 64.4. The number of carbonyl (C=O) groups excluding carboxylic acids is 1. The van der Waals surface area contributed by atoms with Gasteiger partial charge in [0.1, 0.15) is 6.08 Å². The van der Waals surface area contributed by atoms with Gasteiger partial charge in [-0.05, 0) is 54.9 Å². The van der Waals surface area contributed by atoms with Crippen molar-refractivity contribution < 1.29 is 19.1 Å². The summed E-state index contributed by atoms with van der Waals surface area (Å²) in [6.07, 6.45) is -3.34. The highest BCUT2D eigenvalue weighted by molar-refractivity contribution is 5.85. The molecule has 4 heterocycles. The third kappa shape index (κ3) is 3.51. The molecular formula is C23H27ClN2O2. The lowest BCUT2D eigenvalue weighted by atomic mass is 9.86. The summed E-state index contributed by atoms with van der Waals surface area (Å²) in [4.78, 5) is 15.5. The van der Waals surface area contributed by atoms with E-state index in [1.807, 2.05) is 54.6 Å². The third-order valence-corrected chi connectivity index (χ3v) is 5.41. The minimum absolute atomic E-state index is 0. The van der Waals surface area contributed by atoms with Crippen molar-refractivity contribution >= 4 is 18.5 Å². The molecule has 3 saturated heterocycles. The SMILES string of the molecule is Cl.[2H]C1([2H])CC2CC([2H])([2H])N1C([2H])([2H])[C@]2([2H])OC(=O)N1CCc2ccccc2[C@@H]1c1ccccc1. The number of halogens is 1. The fraction of sp³-hybridized carbons (Fsp3) is 0.435. The smallest absolute Gasteiger partial charge is 0.410 e. The number of piperidine rings is 3. The third-order valence-electron chi connectivity index (χ3n) is 5.41. The number of carbonyl (C=O) groups is 1. The lowest BCUT2D eigenvalue weighted by molar-refractivity contribution is -0.0462. The van der Waals surface area contributed by atoms with Crippen LogP contribution in [0.1, 0.15) is 45.2 Å². The van der Waals surface area contributed by atoms with Crippen molar-refractivity contribution in [3.63, 3.8) is 0 Å². The highest BCUT2D eigenvalue weighted by atomic mass is 35.5. The summed E-state index contributed by atoms with van der Waals surface area (Å²) in [5.41, 5.74) is 2.89. The Kier molecular flexibility index (Phi) is 3.64. The molecule has 2 bridgehead atoms. The van der Waals surface area contributed by atoms with Gasteiger partial charge in [-0.15, -0.1) is 12.4 Å². The molecule has 0 saturated carbocycles. The zero-order valence-electron chi connectivity index (χ0n) is 22.3. The number of fused-ring (bicyclic) bond motifs is 4. The van der Waals surface area contributed by atoms with Crippen molar-refractivity contribution in [2.45, 2.75) is 31.4 Å². The predicted molar refractivity (Wildman–Crippen MR) is 112 cm³/mol. The first-order valence-corrected chi connectivity index (χ1v) is 9.31. The van der Waals surface area contributed by atoms with E-state index < -0.39 is 43.6 Å². The van der Waals surface area contributed by atoms with Crippen LogP contribution in [0.2, 0.25) is 0 Å². The van der Waals surface area contributed by atoms with Crippen LogP contribution in [0.15, 0.2) is 54.6 Å². The van der Waals surface area contributed by atoms with Crippen LogP contribution < -0.4 is 0 Å². The minimum atomic E-state index is -2.87. The molecule has 4 nitrogen and oxygen atoms in total. The maximum Gasteiger partial charge on any atom is 0.410 e. The molecule has 6 rings (SSSR count). The molecule has 2 aromatic rings. The Morgan fingerprint density at radius 2 is 1.79 bits per heavy atom. The van der Waals surface area contributed by atoms with E-state index in [1.54, 1.807) is 0 Å². The van der Waals surface area contributed by atoms with E-state index in [2.05, 4.69) is 0 Å². The topological polar surface area (TPSA) is 32.8 Å². The molecule has 0 N–H and O–H groups in total. The molecule has 2 atom stereocenters. The standard InChI is InChI=1S/C23H26N2O2.ClH/c26-23(27-21-16-24-13-10-18(21)11-14-24)25-15-12-17-6-4-5-9-20(17)22(25)19-7-2-1-3-8-19;/h1-9,18,21-22H,10-16H2;1H/t21-,22-;/m0./s1/i13D2,14D2,16D2,21D;. The lowest BCUT2D eigenvalue weighted by Crippen LogP contribution is -2.53. The van der Waals surface area contributed by atoms with Gasteiger partial charge in [0.05, 0.1) is 7.41 Å². The van der Waals surface area contributed by atoms with Crippen LogP contribution in [0.3, 0.4) is 0 Å². The maximum atomic E-state index is 13.6. The van der Waals surface area contributed by atoms with E-state index in [0.29, 0.717) is 17.9 Å². The van der Waals surface area contributed by atoms with Crippen LogP contribution in [-0.4, -0.2) is 48.0 Å². The largest absolute Gasteiger partial charge is 0.444 e. The summed E-state index contributed by atoms with van der Waals surface area (Å²) in [6.45, 7) is -7.16. The second-order valence-electron chi connectivity index (χ2n) is 7.06. The van der Waals surface area contributed by atoms with Crippen molar-refractivity contribution in [1.82, 2.24) is 9.80 Å². The predicted octanol–water partition coefficient (Wildman–Crippen LogP) is 4.29.